The van der Waals surface area contributed by atoms with E-state index in [1.165, 1.54) is 16.8 Å². The van der Waals surface area contributed by atoms with E-state index in [0.29, 0.717) is 0 Å². The SMILES string of the molecule is CC1(C)c2ccccc2N(c2ccc(-c3cccc4c3oc3ccccc34)cc2)c2c1ccc1c2oc2ccccc21. The molecule has 42 heavy (non-hydrogen) atoms. The van der Waals surface area contributed by atoms with Crippen LogP contribution in [0.2, 0.25) is 0 Å². The second-order valence-electron chi connectivity index (χ2n) is 11.7. The molecule has 6 aromatic carbocycles. The molecule has 2 aromatic heterocycles. The zero-order chi connectivity index (χ0) is 28.0. The van der Waals surface area contributed by atoms with Gasteiger partial charge in [-0.1, -0.05) is 111 Å². The van der Waals surface area contributed by atoms with Crippen LogP contribution in [0.25, 0.3) is 55.0 Å². The topological polar surface area (TPSA) is 29.5 Å². The van der Waals surface area contributed by atoms with Gasteiger partial charge in [0.25, 0.3) is 0 Å². The van der Waals surface area contributed by atoms with Gasteiger partial charge in [-0.3, -0.25) is 0 Å². The van der Waals surface area contributed by atoms with Gasteiger partial charge in [-0.05, 0) is 47.0 Å². The summed E-state index contributed by atoms with van der Waals surface area (Å²) in [6.45, 7) is 4.63. The second kappa shape index (κ2) is 8.37. The molecule has 0 saturated carbocycles. The molecule has 0 N–H and O–H groups in total. The van der Waals surface area contributed by atoms with Crippen molar-refractivity contribution in [1.29, 1.82) is 0 Å². The molecule has 0 amide bonds. The minimum atomic E-state index is -0.188. The van der Waals surface area contributed by atoms with Crippen LogP contribution in [0.1, 0.15) is 25.0 Å². The van der Waals surface area contributed by atoms with Crippen molar-refractivity contribution in [3.63, 3.8) is 0 Å². The van der Waals surface area contributed by atoms with Gasteiger partial charge in [-0.25, -0.2) is 0 Å². The van der Waals surface area contributed by atoms with Crippen molar-refractivity contribution >= 4 is 60.9 Å². The first-order chi connectivity index (χ1) is 20.6. The Morgan fingerprint density at radius 1 is 0.500 bits per heavy atom. The lowest BCUT2D eigenvalue weighted by Crippen LogP contribution is -2.30. The molecule has 9 rings (SSSR count). The fraction of sp³-hybridized carbons (Fsp3) is 0.0769. The predicted molar refractivity (Wildman–Crippen MR) is 173 cm³/mol. The molecule has 0 fully saturated rings. The first kappa shape index (κ1) is 23.4. The summed E-state index contributed by atoms with van der Waals surface area (Å²) in [5.41, 5.74) is 11.6. The Kier molecular flexibility index (Phi) is 4.67. The highest BCUT2D eigenvalue weighted by Crippen LogP contribution is 2.55. The Labute approximate surface area is 243 Å². The zero-order valence-corrected chi connectivity index (χ0v) is 23.4. The molecule has 3 heterocycles. The molecule has 0 aliphatic carbocycles. The molecule has 200 valence electrons. The summed E-state index contributed by atoms with van der Waals surface area (Å²) in [7, 11) is 0. The number of anilines is 3. The standard InChI is InChI=1S/C39H27NO2/c1-39(2)31-14-5-6-15-33(31)40(36-32(39)23-22-30-28-11-4-8-17-35(28)42-38(30)36)25-20-18-24(19-21-25)26-12-9-13-29-27-10-3-7-16-34(27)41-37(26)29/h3-23H,1-2H3. The smallest absolute Gasteiger partial charge is 0.159 e. The van der Waals surface area contributed by atoms with Crippen LogP contribution in [-0.4, -0.2) is 0 Å². The molecule has 0 unspecified atom stereocenters. The van der Waals surface area contributed by atoms with Gasteiger partial charge in [-0.15, -0.1) is 0 Å². The molecule has 1 aliphatic rings. The molecular formula is C39H27NO2. The van der Waals surface area contributed by atoms with Crippen molar-refractivity contribution < 1.29 is 8.83 Å². The number of nitrogens with zero attached hydrogens (tertiary/aromatic N) is 1. The van der Waals surface area contributed by atoms with Gasteiger partial charge in [0.05, 0.1) is 11.4 Å². The van der Waals surface area contributed by atoms with Crippen LogP contribution in [-0.2, 0) is 5.41 Å². The minimum Gasteiger partial charge on any atom is -0.455 e. The van der Waals surface area contributed by atoms with E-state index in [2.05, 4.69) is 128 Å². The third-order valence-corrected chi connectivity index (χ3v) is 9.08. The van der Waals surface area contributed by atoms with E-state index in [-0.39, 0.29) is 5.41 Å². The Morgan fingerprint density at radius 2 is 1.12 bits per heavy atom. The molecule has 0 saturated heterocycles. The Balaban J connectivity index is 1.26. The van der Waals surface area contributed by atoms with Gasteiger partial charge in [-0.2, -0.15) is 0 Å². The van der Waals surface area contributed by atoms with Crippen molar-refractivity contribution in [2.45, 2.75) is 19.3 Å². The van der Waals surface area contributed by atoms with Crippen LogP contribution >= 0.6 is 0 Å². The molecule has 1 aliphatic heterocycles. The van der Waals surface area contributed by atoms with Gasteiger partial charge in [0.15, 0.2) is 5.58 Å². The predicted octanol–water partition coefficient (Wildman–Crippen LogP) is 11.3. The first-order valence-electron chi connectivity index (χ1n) is 14.4. The fourth-order valence-electron chi connectivity index (χ4n) is 7.00. The highest BCUT2D eigenvalue weighted by atomic mass is 16.3. The first-order valence-corrected chi connectivity index (χ1v) is 14.4. The minimum absolute atomic E-state index is 0.188. The van der Waals surface area contributed by atoms with E-state index < -0.39 is 0 Å². The lowest BCUT2D eigenvalue weighted by Gasteiger charge is -2.41. The van der Waals surface area contributed by atoms with E-state index in [1.807, 2.05) is 18.2 Å². The number of fused-ring (bicyclic) bond motifs is 9. The van der Waals surface area contributed by atoms with Crippen LogP contribution in [0.3, 0.4) is 0 Å². The monoisotopic (exact) mass is 541 g/mol. The number of furan rings is 2. The van der Waals surface area contributed by atoms with Crippen LogP contribution in [0, 0.1) is 0 Å². The van der Waals surface area contributed by atoms with Gasteiger partial charge < -0.3 is 13.7 Å². The summed E-state index contributed by atoms with van der Waals surface area (Å²) in [4.78, 5) is 2.38. The van der Waals surface area contributed by atoms with Crippen molar-refractivity contribution in [1.82, 2.24) is 0 Å². The molecule has 0 radical (unpaired) electrons. The largest absolute Gasteiger partial charge is 0.455 e. The maximum Gasteiger partial charge on any atom is 0.159 e. The summed E-state index contributed by atoms with van der Waals surface area (Å²) in [5, 5.41) is 4.56. The summed E-state index contributed by atoms with van der Waals surface area (Å²) in [5.74, 6) is 0. The van der Waals surface area contributed by atoms with E-state index in [0.717, 1.165) is 66.4 Å². The normalized spacial score (nSPS) is 14.1. The molecule has 0 atom stereocenters. The van der Waals surface area contributed by atoms with Crippen molar-refractivity contribution in [3.8, 4) is 11.1 Å². The molecule has 3 heteroatoms. The molecular weight excluding hydrogens is 514 g/mol. The van der Waals surface area contributed by atoms with Crippen LogP contribution in [0.5, 0.6) is 0 Å². The quantitative estimate of drug-likeness (QED) is 0.218. The average Bonchev–Trinajstić information content (AvgIpc) is 3.60. The van der Waals surface area contributed by atoms with E-state index in [9.17, 15) is 0 Å². The Hall–Kier alpha value is -5.28. The number of rotatable bonds is 2. The number of hydrogen-bond donors (Lipinski definition) is 0. The Bertz CT molecular complexity index is 2340. The molecule has 0 spiro atoms. The van der Waals surface area contributed by atoms with Crippen LogP contribution in [0.15, 0.2) is 136 Å². The molecule has 3 nitrogen and oxygen atoms in total. The molecule has 0 bridgehead atoms. The van der Waals surface area contributed by atoms with Gasteiger partial charge in [0, 0.05) is 38.2 Å². The summed E-state index contributed by atoms with van der Waals surface area (Å²) in [6.07, 6.45) is 0. The van der Waals surface area contributed by atoms with Crippen molar-refractivity contribution in [2.24, 2.45) is 0 Å². The third-order valence-electron chi connectivity index (χ3n) is 9.08. The molecule has 8 aromatic rings. The summed E-state index contributed by atoms with van der Waals surface area (Å²) >= 11 is 0. The number of benzene rings is 6. The van der Waals surface area contributed by atoms with E-state index in [4.69, 9.17) is 8.83 Å². The Morgan fingerprint density at radius 3 is 1.88 bits per heavy atom. The van der Waals surface area contributed by atoms with Crippen molar-refractivity contribution in [3.05, 3.63) is 139 Å². The van der Waals surface area contributed by atoms with E-state index >= 15 is 0 Å². The van der Waals surface area contributed by atoms with Crippen LogP contribution < -0.4 is 4.90 Å². The number of para-hydroxylation sites is 4. The van der Waals surface area contributed by atoms with Gasteiger partial charge in [0.2, 0.25) is 0 Å². The van der Waals surface area contributed by atoms with Crippen molar-refractivity contribution in [2.75, 3.05) is 4.90 Å². The summed E-state index contributed by atoms with van der Waals surface area (Å²) < 4.78 is 13.0. The van der Waals surface area contributed by atoms with Gasteiger partial charge >= 0.3 is 0 Å². The number of hydrogen-bond acceptors (Lipinski definition) is 3. The maximum atomic E-state index is 6.63. The highest BCUT2D eigenvalue weighted by molar-refractivity contribution is 6.12. The average molecular weight is 542 g/mol. The van der Waals surface area contributed by atoms with Gasteiger partial charge in [0.1, 0.15) is 16.7 Å². The third kappa shape index (κ3) is 3.11. The second-order valence-corrected chi connectivity index (χ2v) is 11.7. The fourth-order valence-corrected chi connectivity index (χ4v) is 7.00. The maximum absolute atomic E-state index is 6.63. The lowest BCUT2D eigenvalue weighted by atomic mass is 9.73. The van der Waals surface area contributed by atoms with E-state index in [1.54, 1.807) is 0 Å². The highest BCUT2D eigenvalue weighted by Gasteiger charge is 2.39. The lowest BCUT2D eigenvalue weighted by molar-refractivity contribution is 0.624. The zero-order valence-electron chi connectivity index (χ0n) is 23.4. The summed E-state index contributed by atoms with van der Waals surface area (Å²) in [6, 6.07) is 45.1. The van der Waals surface area contributed by atoms with Crippen LogP contribution in [0.4, 0.5) is 17.1 Å².